The zero-order valence-electron chi connectivity index (χ0n) is 3.76. The number of rotatable bonds is 1. The summed E-state index contributed by atoms with van der Waals surface area (Å²) in [5, 5.41) is 0. The molecule has 0 aliphatic carbocycles. The summed E-state index contributed by atoms with van der Waals surface area (Å²) in [7, 11) is 0. The van der Waals surface area contributed by atoms with Crippen LogP contribution in [-0.4, -0.2) is 9.97 Å². The number of nitrogens with zero attached hydrogens (tertiary/aromatic N) is 2. The van der Waals surface area contributed by atoms with Crippen LogP contribution in [0.15, 0.2) is 12.5 Å². The van der Waals surface area contributed by atoms with E-state index in [9.17, 15) is 0 Å². The maximum absolute atomic E-state index is 8.34. The van der Waals surface area contributed by atoms with E-state index in [4.69, 9.17) is 5.73 Å². The molecule has 1 heterocycles. The highest BCUT2D eigenvalue weighted by Crippen LogP contribution is 1.85. The lowest BCUT2D eigenvalue weighted by atomic mass is 10.5. The van der Waals surface area contributed by atoms with Gasteiger partial charge in [-0.25, -0.2) is 4.98 Å². The first kappa shape index (κ1) is 4.33. The van der Waals surface area contributed by atoms with E-state index in [0.29, 0.717) is 5.69 Å². The smallest absolute Gasteiger partial charge is 0.0923 e. The van der Waals surface area contributed by atoms with Crippen LogP contribution >= 0.6 is 0 Å². The minimum absolute atomic E-state index is 0.0174. The Morgan fingerprint density at radius 1 is 1.86 bits per heavy atom. The Morgan fingerprint density at radius 2 is 2.71 bits per heavy atom. The van der Waals surface area contributed by atoms with Gasteiger partial charge >= 0.3 is 0 Å². The molecule has 36 valence electrons. The Balaban J connectivity index is 2.76. The first-order valence-electron chi connectivity index (χ1n) is 2.02. The van der Waals surface area contributed by atoms with Crippen molar-refractivity contribution in [2.45, 2.75) is 6.54 Å². The van der Waals surface area contributed by atoms with Crippen molar-refractivity contribution >= 4 is 0 Å². The van der Waals surface area contributed by atoms with Crippen molar-refractivity contribution in [1.82, 2.24) is 15.7 Å². The fraction of sp³-hybridized carbons (Fsp3) is 0.250. The van der Waals surface area contributed by atoms with E-state index in [1.165, 1.54) is 6.33 Å². The van der Waals surface area contributed by atoms with Crippen molar-refractivity contribution in [3.63, 3.8) is 0 Å². The molecule has 0 saturated carbocycles. The second kappa shape index (κ2) is 1.75. The van der Waals surface area contributed by atoms with Gasteiger partial charge < -0.3 is 4.98 Å². The molecule has 0 atom stereocenters. The van der Waals surface area contributed by atoms with Crippen LogP contribution in [0.5, 0.6) is 0 Å². The monoisotopic (exact) mass is 95.0 g/mol. The largest absolute Gasteiger partial charge is 0.351 e. The Bertz CT molecular complexity index is 121. The highest BCUT2D eigenvalue weighted by Gasteiger charge is 1.85. The molecule has 2 radical (unpaired) electrons. The lowest BCUT2D eigenvalue weighted by Gasteiger charge is -1.74. The van der Waals surface area contributed by atoms with E-state index in [0.717, 1.165) is 0 Å². The Kier molecular flexibility index (Phi) is 1.08. The molecule has 0 unspecified atom stereocenters. The van der Waals surface area contributed by atoms with Crippen molar-refractivity contribution in [2.75, 3.05) is 0 Å². The molecular weight excluding hydrogens is 90.1 g/mol. The number of hydrogen-bond donors (Lipinski definition) is 1. The number of nitrogens with one attached hydrogen (secondary N) is 1. The van der Waals surface area contributed by atoms with Crippen molar-refractivity contribution in [3.8, 4) is 0 Å². The van der Waals surface area contributed by atoms with Crippen LogP contribution in [0.3, 0.4) is 0 Å². The van der Waals surface area contributed by atoms with Crippen LogP contribution in [0.1, 0.15) is 5.69 Å². The molecule has 1 aromatic heterocycles. The third kappa shape index (κ3) is 0.778. The molecule has 7 heavy (non-hydrogen) atoms. The second-order valence-corrected chi connectivity index (χ2v) is 1.22. The van der Waals surface area contributed by atoms with Crippen molar-refractivity contribution < 1.29 is 0 Å². The van der Waals surface area contributed by atoms with Crippen LogP contribution in [0, 0.1) is 0 Å². The third-order valence-corrected chi connectivity index (χ3v) is 0.717. The van der Waals surface area contributed by atoms with Crippen LogP contribution in [-0.2, 0) is 6.54 Å². The van der Waals surface area contributed by atoms with Crippen molar-refractivity contribution in [1.29, 1.82) is 0 Å². The molecular formula is C4H5N3. The van der Waals surface area contributed by atoms with Crippen molar-refractivity contribution in [2.24, 2.45) is 0 Å². The molecule has 0 spiro atoms. The normalized spacial score (nSPS) is 9.29. The summed E-state index contributed by atoms with van der Waals surface area (Å²) >= 11 is 0. The van der Waals surface area contributed by atoms with Gasteiger partial charge in [0.15, 0.2) is 0 Å². The van der Waals surface area contributed by atoms with Gasteiger partial charge in [0.2, 0.25) is 0 Å². The van der Waals surface area contributed by atoms with E-state index >= 15 is 0 Å². The van der Waals surface area contributed by atoms with E-state index in [-0.39, 0.29) is 6.54 Å². The number of imidazole rings is 1. The van der Waals surface area contributed by atoms with E-state index in [2.05, 4.69) is 9.97 Å². The number of hydrogen-bond acceptors (Lipinski definition) is 1. The molecule has 0 aliphatic rings. The van der Waals surface area contributed by atoms with Gasteiger partial charge in [-0.3, -0.25) is 0 Å². The summed E-state index contributed by atoms with van der Waals surface area (Å²) in [4.78, 5) is 6.44. The minimum Gasteiger partial charge on any atom is -0.351 e. The average molecular weight is 95.1 g/mol. The van der Waals surface area contributed by atoms with Crippen molar-refractivity contribution in [3.05, 3.63) is 18.2 Å². The molecule has 0 bridgehead atoms. The van der Waals surface area contributed by atoms with E-state index in [1.807, 2.05) is 0 Å². The summed E-state index contributed by atoms with van der Waals surface area (Å²) in [5.74, 6) is 0. The molecule has 3 heteroatoms. The molecule has 1 rings (SSSR count). The summed E-state index contributed by atoms with van der Waals surface area (Å²) in [6.07, 6.45) is 3.19. The predicted molar refractivity (Wildman–Crippen MR) is 24.4 cm³/mol. The van der Waals surface area contributed by atoms with E-state index < -0.39 is 0 Å². The molecule has 0 amide bonds. The number of aromatic amines is 1. The second-order valence-electron chi connectivity index (χ2n) is 1.22. The first-order chi connectivity index (χ1) is 3.43. The molecule has 0 saturated heterocycles. The van der Waals surface area contributed by atoms with Gasteiger partial charge in [0, 0.05) is 6.20 Å². The third-order valence-electron chi connectivity index (χ3n) is 0.717. The lowest BCUT2D eigenvalue weighted by molar-refractivity contribution is 0.977. The van der Waals surface area contributed by atoms with E-state index in [1.54, 1.807) is 6.20 Å². The Hall–Kier alpha value is -0.830. The molecule has 3 nitrogen and oxygen atoms in total. The fourth-order valence-electron chi connectivity index (χ4n) is 0.377. The highest BCUT2D eigenvalue weighted by atomic mass is 14.9. The fourth-order valence-corrected chi connectivity index (χ4v) is 0.377. The summed E-state index contributed by atoms with van der Waals surface area (Å²) in [6, 6.07) is 0. The zero-order valence-corrected chi connectivity index (χ0v) is 3.76. The van der Waals surface area contributed by atoms with Gasteiger partial charge in [-0.15, -0.1) is 5.73 Å². The minimum atomic E-state index is 0.0174. The quantitative estimate of drug-likeness (QED) is 0.523. The van der Waals surface area contributed by atoms with Gasteiger partial charge in [0.1, 0.15) is 0 Å². The van der Waals surface area contributed by atoms with Gasteiger partial charge in [0.05, 0.1) is 18.6 Å². The summed E-state index contributed by atoms with van der Waals surface area (Å²) in [5.41, 5.74) is 9.02. The Labute approximate surface area is 41.6 Å². The molecule has 0 fully saturated rings. The average Bonchev–Trinajstić information content (AvgIpc) is 2.14. The van der Waals surface area contributed by atoms with Gasteiger partial charge in [-0.05, 0) is 0 Å². The number of aromatic nitrogens is 2. The predicted octanol–water partition coefficient (Wildman–Crippen LogP) is -0.0216. The van der Waals surface area contributed by atoms with Crippen LogP contribution in [0.2, 0.25) is 0 Å². The topological polar surface area (TPSA) is 51.0 Å². The summed E-state index contributed by atoms with van der Waals surface area (Å²) in [6.45, 7) is 0.0174. The Morgan fingerprint density at radius 3 is 3.00 bits per heavy atom. The maximum atomic E-state index is 8.34. The lowest BCUT2D eigenvalue weighted by Crippen LogP contribution is -1.80. The molecule has 1 aromatic rings. The summed E-state index contributed by atoms with van der Waals surface area (Å²) < 4.78 is 0. The SMILES string of the molecule is [N]Cc1c[nH]cn1. The van der Waals surface area contributed by atoms with Gasteiger partial charge in [-0.2, -0.15) is 0 Å². The zero-order chi connectivity index (χ0) is 5.11. The highest BCUT2D eigenvalue weighted by molar-refractivity contribution is 4.91. The van der Waals surface area contributed by atoms with Crippen LogP contribution < -0.4 is 5.73 Å². The molecule has 0 aliphatic heterocycles. The maximum Gasteiger partial charge on any atom is 0.0923 e. The first-order valence-corrected chi connectivity index (χ1v) is 2.02. The number of H-pyrrole nitrogens is 1. The molecule has 1 N–H and O–H groups in total. The van der Waals surface area contributed by atoms with Crippen LogP contribution in [0.4, 0.5) is 0 Å². The van der Waals surface area contributed by atoms with Gasteiger partial charge in [0.25, 0.3) is 0 Å². The molecule has 0 aromatic carbocycles. The standard InChI is InChI=1S/C4H5N3/c5-1-4-2-6-3-7-4/h2-3H,1H2,(H,6,7). The van der Waals surface area contributed by atoms with Crippen LogP contribution in [0.25, 0.3) is 0 Å². The van der Waals surface area contributed by atoms with Gasteiger partial charge in [-0.1, -0.05) is 0 Å².